The van der Waals surface area contributed by atoms with Crippen molar-refractivity contribution in [1.82, 2.24) is 5.16 Å². The molecule has 0 spiro atoms. The van der Waals surface area contributed by atoms with Crippen molar-refractivity contribution in [2.24, 2.45) is 17.6 Å². The Morgan fingerprint density at radius 3 is 2.93 bits per heavy atom. The average molecular weight is 192 g/mol. The smallest absolute Gasteiger partial charge is 0.140 e. The summed E-state index contributed by atoms with van der Waals surface area (Å²) in [4.78, 5) is 0. The minimum absolute atomic E-state index is 0.490. The normalized spacial score (nSPS) is 35.4. The molecule has 14 heavy (non-hydrogen) atoms. The summed E-state index contributed by atoms with van der Waals surface area (Å²) in [6, 6.07) is 2.05. The van der Waals surface area contributed by atoms with Crippen molar-refractivity contribution >= 4 is 0 Å². The van der Waals surface area contributed by atoms with E-state index in [4.69, 9.17) is 10.3 Å². The van der Waals surface area contributed by atoms with Gasteiger partial charge in [0.15, 0.2) is 0 Å². The van der Waals surface area contributed by atoms with Gasteiger partial charge in [0.1, 0.15) is 5.76 Å². The Balaban J connectivity index is 1.82. The number of hydrogen-bond donors (Lipinski definition) is 1. The van der Waals surface area contributed by atoms with Gasteiger partial charge in [0.05, 0.1) is 5.69 Å². The fraction of sp³-hybridized carbons (Fsp3) is 0.727. The van der Waals surface area contributed by atoms with Crippen LogP contribution < -0.4 is 5.73 Å². The Kier molecular flexibility index (Phi) is 1.87. The van der Waals surface area contributed by atoms with Crippen molar-refractivity contribution < 1.29 is 4.52 Å². The number of aromatic nitrogens is 1. The van der Waals surface area contributed by atoms with Crippen LogP contribution in [0, 0.1) is 11.8 Å². The zero-order chi connectivity index (χ0) is 9.54. The van der Waals surface area contributed by atoms with E-state index in [0.717, 1.165) is 23.3 Å². The van der Waals surface area contributed by atoms with Crippen molar-refractivity contribution in [2.45, 2.75) is 38.1 Å². The number of nitrogens with zero attached hydrogens (tertiary/aromatic N) is 1. The molecule has 2 N–H and O–H groups in total. The minimum atomic E-state index is 0.490. The first-order valence-corrected chi connectivity index (χ1v) is 5.52. The highest BCUT2D eigenvalue weighted by atomic mass is 16.5. The van der Waals surface area contributed by atoms with E-state index >= 15 is 0 Å². The first-order chi connectivity index (χ1) is 6.86. The summed E-state index contributed by atoms with van der Waals surface area (Å²) in [5.41, 5.74) is 6.41. The third kappa shape index (κ3) is 1.19. The quantitative estimate of drug-likeness (QED) is 0.780. The van der Waals surface area contributed by atoms with Gasteiger partial charge in [0, 0.05) is 18.5 Å². The monoisotopic (exact) mass is 192 g/mol. The Morgan fingerprint density at radius 1 is 1.43 bits per heavy atom. The highest BCUT2D eigenvalue weighted by Crippen LogP contribution is 2.52. The van der Waals surface area contributed by atoms with Crippen molar-refractivity contribution in [3.8, 4) is 0 Å². The molecule has 2 saturated carbocycles. The van der Waals surface area contributed by atoms with Gasteiger partial charge in [-0.05, 0) is 31.1 Å². The van der Waals surface area contributed by atoms with Gasteiger partial charge in [0.25, 0.3) is 0 Å². The Morgan fingerprint density at radius 2 is 2.36 bits per heavy atom. The van der Waals surface area contributed by atoms with Crippen LogP contribution in [-0.2, 0) is 6.54 Å². The fourth-order valence-corrected chi connectivity index (χ4v) is 3.19. The van der Waals surface area contributed by atoms with Crippen LogP contribution in [0.5, 0.6) is 0 Å². The SMILES string of the molecule is NCc1cc(C2CC3CCC2C3)on1. The second-order valence-electron chi connectivity index (χ2n) is 4.71. The second kappa shape index (κ2) is 3.09. The summed E-state index contributed by atoms with van der Waals surface area (Å²) < 4.78 is 5.36. The molecule has 2 aliphatic carbocycles. The van der Waals surface area contributed by atoms with Gasteiger partial charge >= 0.3 is 0 Å². The van der Waals surface area contributed by atoms with Crippen molar-refractivity contribution in [1.29, 1.82) is 0 Å². The van der Waals surface area contributed by atoms with Crippen LogP contribution in [-0.4, -0.2) is 5.16 Å². The van der Waals surface area contributed by atoms with Crippen LogP contribution in [0.4, 0.5) is 0 Å². The summed E-state index contributed by atoms with van der Waals surface area (Å²) >= 11 is 0. The van der Waals surface area contributed by atoms with Crippen LogP contribution in [0.15, 0.2) is 10.6 Å². The van der Waals surface area contributed by atoms with Gasteiger partial charge in [-0.3, -0.25) is 0 Å². The maximum Gasteiger partial charge on any atom is 0.140 e. The lowest BCUT2D eigenvalue weighted by molar-refractivity contribution is 0.307. The van der Waals surface area contributed by atoms with E-state index in [1.807, 2.05) is 6.07 Å². The van der Waals surface area contributed by atoms with Crippen LogP contribution in [0.1, 0.15) is 43.1 Å². The first-order valence-electron chi connectivity index (χ1n) is 5.52. The molecule has 2 fully saturated rings. The molecule has 2 bridgehead atoms. The molecule has 3 atom stereocenters. The summed E-state index contributed by atoms with van der Waals surface area (Å²) in [7, 11) is 0. The molecule has 0 saturated heterocycles. The number of rotatable bonds is 2. The molecule has 3 unspecified atom stereocenters. The number of hydrogen-bond acceptors (Lipinski definition) is 3. The molecule has 3 nitrogen and oxygen atoms in total. The van der Waals surface area contributed by atoms with E-state index in [9.17, 15) is 0 Å². The lowest BCUT2D eigenvalue weighted by atomic mass is 9.87. The van der Waals surface area contributed by atoms with Gasteiger partial charge in [-0.25, -0.2) is 0 Å². The zero-order valence-electron chi connectivity index (χ0n) is 8.28. The van der Waals surface area contributed by atoms with Crippen LogP contribution in [0.25, 0.3) is 0 Å². The first kappa shape index (κ1) is 8.48. The summed E-state index contributed by atoms with van der Waals surface area (Å²) in [6.45, 7) is 0.490. The third-order valence-electron chi connectivity index (χ3n) is 3.89. The van der Waals surface area contributed by atoms with Gasteiger partial charge in [-0.15, -0.1) is 0 Å². The molecule has 1 aromatic heterocycles. The Labute approximate surface area is 83.6 Å². The molecule has 0 aliphatic heterocycles. The Hall–Kier alpha value is -0.830. The highest BCUT2D eigenvalue weighted by molar-refractivity contribution is 5.14. The molecule has 1 heterocycles. The molecule has 76 valence electrons. The number of nitrogens with two attached hydrogens (primary N) is 1. The molecule has 0 aromatic carbocycles. The van der Waals surface area contributed by atoms with Gasteiger partial charge in [-0.2, -0.15) is 0 Å². The van der Waals surface area contributed by atoms with Gasteiger partial charge < -0.3 is 10.3 Å². The molecule has 3 rings (SSSR count). The summed E-state index contributed by atoms with van der Waals surface area (Å²) in [5, 5.41) is 3.96. The van der Waals surface area contributed by atoms with Crippen LogP contribution in [0.2, 0.25) is 0 Å². The average Bonchev–Trinajstić information content (AvgIpc) is 2.93. The van der Waals surface area contributed by atoms with E-state index in [2.05, 4.69) is 5.16 Å². The van der Waals surface area contributed by atoms with Crippen molar-refractivity contribution in [3.05, 3.63) is 17.5 Å². The van der Waals surface area contributed by atoms with Crippen LogP contribution in [0.3, 0.4) is 0 Å². The zero-order valence-corrected chi connectivity index (χ0v) is 8.28. The predicted molar refractivity (Wildman–Crippen MR) is 52.6 cm³/mol. The van der Waals surface area contributed by atoms with Gasteiger partial charge in [0.2, 0.25) is 0 Å². The van der Waals surface area contributed by atoms with E-state index in [1.54, 1.807) is 0 Å². The molecule has 0 amide bonds. The van der Waals surface area contributed by atoms with Gasteiger partial charge in [-0.1, -0.05) is 11.6 Å². The lowest BCUT2D eigenvalue weighted by Gasteiger charge is -2.18. The molecule has 1 aromatic rings. The van der Waals surface area contributed by atoms with Crippen molar-refractivity contribution in [3.63, 3.8) is 0 Å². The molecular weight excluding hydrogens is 176 g/mol. The van der Waals surface area contributed by atoms with E-state index < -0.39 is 0 Å². The van der Waals surface area contributed by atoms with Crippen molar-refractivity contribution in [2.75, 3.05) is 0 Å². The number of fused-ring (bicyclic) bond motifs is 2. The Bertz CT molecular complexity index is 334. The molecule has 2 aliphatic rings. The predicted octanol–water partition coefficient (Wildman–Crippen LogP) is 2.04. The third-order valence-corrected chi connectivity index (χ3v) is 3.89. The summed E-state index contributed by atoms with van der Waals surface area (Å²) in [6.07, 6.45) is 5.53. The maximum atomic E-state index is 5.52. The minimum Gasteiger partial charge on any atom is -0.361 e. The highest BCUT2D eigenvalue weighted by Gasteiger charge is 2.41. The fourth-order valence-electron chi connectivity index (χ4n) is 3.19. The van der Waals surface area contributed by atoms with Crippen LogP contribution >= 0.6 is 0 Å². The van der Waals surface area contributed by atoms with E-state index in [1.165, 1.54) is 25.7 Å². The molecule has 0 radical (unpaired) electrons. The summed E-state index contributed by atoms with van der Waals surface area (Å²) in [5.74, 6) is 3.54. The molecule has 3 heteroatoms. The maximum absolute atomic E-state index is 5.52. The molecular formula is C11H16N2O. The topological polar surface area (TPSA) is 52.0 Å². The van der Waals surface area contributed by atoms with E-state index in [-0.39, 0.29) is 0 Å². The largest absolute Gasteiger partial charge is 0.361 e. The standard InChI is InChI=1S/C11H16N2O/c12-6-9-5-11(14-13-9)10-4-7-1-2-8(10)3-7/h5,7-8,10H,1-4,6,12H2. The second-order valence-corrected chi connectivity index (χ2v) is 4.71. The van der Waals surface area contributed by atoms with E-state index in [0.29, 0.717) is 12.5 Å². The lowest BCUT2D eigenvalue weighted by Crippen LogP contribution is -2.07.